The van der Waals surface area contributed by atoms with E-state index in [2.05, 4.69) is 10.6 Å². The van der Waals surface area contributed by atoms with Crippen molar-refractivity contribution in [1.29, 1.82) is 0 Å². The highest BCUT2D eigenvalue weighted by atomic mass is 16.3. The fourth-order valence-corrected chi connectivity index (χ4v) is 3.70. The van der Waals surface area contributed by atoms with Gasteiger partial charge in [0.1, 0.15) is 5.75 Å². The van der Waals surface area contributed by atoms with Gasteiger partial charge < -0.3 is 15.7 Å². The predicted octanol–water partition coefficient (Wildman–Crippen LogP) is 3.11. The summed E-state index contributed by atoms with van der Waals surface area (Å²) in [4.78, 5) is 0. The van der Waals surface area contributed by atoms with Crippen molar-refractivity contribution in [2.45, 2.75) is 50.6 Å². The van der Waals surface area contributed by atoms with Gasteiger partial charge in [0.05, 0.1) is 0 Å². The quantitative estimate of drug-likeness (QED) is 0.782. The summed E-state index contributed by atoms with van der Waals surface area (Å²) in [5.74, 6) is 1.08. The number of piperidine rings is 1. The van der Waals surface area contributed by atoms with Crippen LogP contribution in [0.1, 0.15) is 38.5 Å². The number of phenolic OH excluding ortho intramolecular Hbond substituents is 1. The first-order valence-electron chi connectivity index (χ1n) is 7.62. The second-order valence-corrected chi connectivity index (χ2v) is 5.95. The van der Waals surface area contributed by atoms with Crippen molar-refractivity contribution in [1.82, 2.24) is 5.32 Å². The molecule has 3 N–H and O–H groups in total. The highest BCUT2D eigenvalue weighted by molar-refractivity contribution is 5.48. The molecule has 1 saturated carbocycles. The van der Waals surface area contributed by atoms with Crippen LogP contribution in [0.15, 0.2) is 24.3 Å². The number of benzene rings is 1. The number of anilines is 1. The summed E-state index contributed by atoms with van der Waals surface area (Å²) >= 11 is 0. The fraction of sp³-hybridized carbons (Fsp3) is 0.625. The molecular formula is C16H24N2O. The molecule has 1 saturated heterocycles. The monoisotopic (exact) mass is 260 g/mol. The lowest BCUT2D eigenvalue weighted by Crippen LogP contribution is -2.44. The highest BCUT2D eigenvalue weighted by Crippen LogP contribution is 2.34. The zero-order valence-corrected chi connectivity index (χ0v) is 11.4. The average Bonchev–Trinajstić information content (AvgIpc) is 2.88. The lowest BCUT2D eigenvalue weighted by molar-refractivity contribution is 0.286. The van der Waals surface area contributed by atoms with Crippen molar-refractivity contribution in [3.63, 3.8) is 0 Å². The maximum absolute atomic E-state index is 9.55. The third kappa shape index (κ3) is 3.03. The van der Waals surface area contributed by atoms with Gasteiger partial charge in [-0.05, 0) is 50.3 Å². The Hall–Kier alpha value is -1.22. The molecule has 19 heavy (non-hydrogen) atoms. The van der Waals surface area contributed by atoms with E-state index in [4.69, 9.17) is 0 Å². The molecule has 3 heteroatoms. The summed E-state index contributed by atoms with van der Waals surface area (Å²) in [6, 6.07) is 8.73. The molecule has 2 fully saturated rings. The normalized spacial score (nSPS) is 31.3. The van der Waals surface area contributed by atoms with Gasteiger partial charge in [-0.3, -0.25) is 0 Å². The van der Waals surface area contributed by atoms with Crippen LogP contribution in [-0.2, 0) is 0 Å². The number of nitrogens with one attached hydrogen (secondary N) is 2. The van der Waals surface area contributed by atoms with E-state index in [-0.39, 0.29) is 0 Å². The summed E-state index contributed by atoms with van der Waals surface area (Å²) in [5.41, 5.74) is 1.05. The molecule has 1 heterocycles. The molecule has 1 aliphatic heterocycles. The first-order valence-corrected chi connectivity index (χ1v) is 7.62. The van der Waals surface area contributed by atoms with Gasteiger partial charge in [0, 0.05) is 23.8 Å². The zero-order valence-electron chi connectivity index (χ0n) is 11.4. The first-order chi connectivity index (χ1) is 9.33. The third-order valence-corrected chi connectivity index (χ3v) is 4.63. The first kappa shape index (κ1) is 12.8. The van der Waals surface area contributed by atoms with Gasteiger partial charge in [-0.1, -0.05) is 18.9 Å². The molecule has 3 rings (SSSR count). The van der Waals surface area contributed by atoms with Crippen LogP contribution in [0.4, 0.5) is 5.69 Å². The second kappa shape index (κ2) is 5.83. The molecule has 1 aromatic rings. The molecule has 3 atom stereocenters. The molecule has 1 aromatic carbocycles. The van der Waals surface area contributed by atoms with Crippen LogP contribution in [0.25, 0.3) is 0 Å². The Morgan fingerprint density at radius 3 is 2.84 bits per heavy atom. The number of phenols is 1. The topological polar surface area (TPSA) is 44.3 Å². The Labute approximate surface area is 115 Å². The molecule has 0 aromatic heterocycles. The van der Waals surface area contributed by atoms with Crippen molar-refractivity contribution in [3.05, 3.63) is 24.3 Å². The number of hydrogen-bond acceptors (Lipinski definition) is 3. The number of rotatable bonds is 3. The SMILES string of the molecule is Oc1cccc(NC2CCCC2C2CCCCN2)c1. The third-order valence-electron chi connectivity index (χ3n) is 4.63. The molecule has 104 valence electrons. The van der Waals surface area contributed by atoms with E-state index >= 15 is 0 Å². The maximum Gasteiger partial charge on any atom is 0.117 e. The maximum atomic E-state index is 9.55. The van der Waals surface area contributed by atoms with Crippen LogP contribution < -0.4 is 10.6 Å². The van der Waals surface area contributed by atoms with E-state index < -0.39 is 0 Å². The number of aromatic hydroxyl groups is 1. The van der Waals surface area contributed by atoms with Crippen molar-refractivity contribution in [2.24, 2.45) is 5.92 Å². The van der Waals surface area contributed by atoms with Crippen LogP contribution in [0.2, 0.25) is 0 Å². The molecule has 1 aliphatic carbocycles. The van der Waals surface area contributed by atoms with Gasteiger partial charge in [0.25, 0.3) is 0 Å². The number of hydrogen-bond donors (Lipinski definition) is 3. The van der Waals surface area contributed by atoms with Crippen LogP contribution in [0.3, 0.4) is 0 Å². The minimum absolute atomic E-state index is 0.343. The lowest BCUT2D eigenvalue weighted by atomic mass is 9.88. The molecule has 0 spiro atoms. The minimum atomic E-state index is 0.343. The highest BCUT2D eigenvalue weighted by Gasteiger charge is 2.34. The summed E-state index contributed by atoms with van der Waals surface area (Å²) in [7, 11) is 0. The van der Waals surface area contributed by atoms with E-state index in [1.54, 1.807) is 6.07 Å². The molecule has 3 nitrogen and oxygen atoms in total. The van der Waals surface area contributed by atoms with E-state index in [1.165, 1.54) is 45.1 Å². The van der Waals surface area contributed by atoms with Gasteiger partial charge in [0.15, 0.2) is 0 Å². The van der Waals surface area contributed by atoms with Gasteiger partial charge in [0.2, 0.25) is 0 Å². The van der Waals surface area contributed by atoms with Crippen LogP contribution >= 0.6 is 0 Å². The van der Waals surface area contributed by atoms with Crippen molar-refractivity contribution >= 4 is 5.69 Å². The van der Waals surface area contributed by atoms with E-state index in [9.17, 15) is 5.11 Å². The van der Waals surface area contributed by atoms with Crippen molar-refractivity contribution in [2.75, 3.05) is 11.9 Å². The van der Waals surface area contributed by atoms with E-state index in [0.29, 0.717) is 17.8 Å². The van der Waals surface area contributed by atoms with Gasteiger partial charge in [-0.25, -0.2) is 0 Å². The van der Waals surface area contributed by atoms with Crippen LogP contribution in [-0.4, -0.2) is 23.7 Å². The Bertz CT molecular complexity index is 415. The summed E-state index contributed by atoms with van der Waals surface area (Å²) < 4.78 is 0. The van der Waals surface area contributed by atoms with E-state index in [1.807, 2.05) is 18.2 Å². The average molecular weight is 260 g/mol. The fourth-order valence-electron chi connectivity index (χ4n) is 3.70. The predicted molar refractivity (Wildman–Crippen MR) is 78.5 cm³/mol. The van der Waals surface area contributed by atoms with Gasteiger partial charge in [-0.2, -0.15) is 0 Å². The minimum Gasteiger partial charge on any atom is -0.508 e. The zero-order chi connectivity index (χ0) is 13.1. The standard InChI is InChI=1S/C16H24N2O/c19-13-6-3-5-12(11-13)18-16-9-4-7-14(16)15-8-1-2-10-17-15/h3,5-6,11,14-19H,1-2,4,7-10H2. The molecule has 2 aliphatic rings. The molecule has 0 amide bonds. The molecule has 3 unspecified atom stereocenters. The van der Waals surface area contributed by atoms with Crippen molar-refractivity contribution in [3.8, 4) is 5.75 Å². The Kier molecular flexibility index (Phi) is 3.92. The summed E-state index contributed by atoms with van der Waals surface area (Å²) in [5, 5.41) is 16.9. The van der Waals surface area contributed by atoms with Gasteiger partial charge >= 0.3 is 0 Å². The largest absolute Gasteiger partial charge is 0.508 e. The van der Waals surface area contributed by atoms with Crippen molar-refractivity contribution < 1.29 is 5.11 Å². The lowest BCUT2D eigenvalue weighted by Gasteiger charge is -2.33. The van der Waals surface area contributed by atoms with Crippen LogP contribution in [0, 0.1) is 5.92 Å². The Morgan fingerprint density at radius 1 is 1.11 bits per heavy atom. The van der Waals surface area contributed by atoms with E-state index in [0.717, 1.165) is 11.6 Å². The summed E-state index contributed by atoms with van der Waals surface area (Å²) in [6.07, 6.45) is 7.91. The molecular weight excluding hydrogens is 236 g/mol. The van der Waals surface area contributed by atoms with Gasteiger partial charge in [-0.15, -0.1) is 0 Å². The Morgan fingerprint density at radius 2 is 2.05 bits per heavy atom. The second-order valence-electron chi connectivity index (χ2n) is 5.95. The summed E-state index contributed by atoms with van der Waals surface area (Å²) in [6.45, 7) is 1.18. The molecule has 0 radical (unpaired) electrons. The van der Waals surface area contributed by atoms with Crippen LogP contribution in [0.5, 0.6) is 5.75 Å². The molecule has 0 bridgehead atoms. The Balaban J connectivity index is 1.65. The smallest absolute Gasteiger partial charge is 0.117 e.